The Bertz CT molecular complexity index is 2040. The minimum absolute atomic E-state index is 0.0386. The van der Waals surface area contributed by atoms with Crippen LogP contribution in [0.4, 0.5) is 16.3 Å². The van der Waals surface area contributed by atoms with E-state index in [9.17, 15) is 19.7 Å². The standard InChI is InChI=1S/C39H50N10O6/c1-4-44(38(40)51)15-7-16-47-17-12-28-22-33(54-2)34(55-3)23-31(28)39(47)13-10-27(11-14-39)37(50)46-20-18-45(19-21-46)35-30-24-43-48(36(30)42-26-41-35)25-29-8-5-6-9-32(29)49(52)53/h5-6,8-9,22-24,26-27H,4,7,10-21,25H2,1-3H3,(H2,40,51)/t27-,39+. The molecule has 1 saturated carbocycles. The van der Waals surface area contributed by atoms with Gasteiger partial charge >= 0.3 is 6.03 Å². The zero-order chi connectivity index (χ0) is 38.7. The number of hydrogen-bond donors (Lipinski definition) is 1. The first-order valence-corrected chi connectivity index (χ1v) is 19.1. The van der Waals surface area contributed by atoms with Crippen LogP contribution in [0.25, 0.3) is 11.0 Å². The number of anilines is 1. The highest BCUT2D eigenvalue weighted by atomic mass is 16.6. The third-order valence-electron chi connectivity index (χ3n) is 11.9. The van der Waals surface area contributed by atoms with Gasteiger partial charge in [-0.05, 0) is 68.7 Å². The first kappa shape index (κ1) is 37.8. The number of amides is 3. The molecule has 1 aliphatic carbocycles. The minimum Gasteiger partial charge on any atom is -0.493 e. The van der Waals surface area contributed by atoms with Crippen molar-refractivity contribution < 1.29 is 24.0 Å². The van der Waals surface area contributed by atoms with Crippen molar-refractivity contribution in [2.24, 2.45) is 11.7 Å². The Labute approximate surface area is 320 Å². The van der Waals surface area contributed by atoms with Crippen molar-refractivity contribution in [1.29, 1.82) is 0 Å². The molecule has 4 heterocycles. The summed E-state index contributed by atoms with van der Waals surface area (Å²) in [5, 5.41) is 16.9. The number of piperazine rings is 1. The molecule has 0 radical (unpaired) electrons. The van der Waals surface area contributed by atoms with Gasteiger partial charge in [-0.1, -0.05) is 18.2 Å². The predicted molar refractivity (Wildman–Crippen MR) is 206 cm³/mol. The van der Waals surface area contributed by atoms with E-state index in [0.717, 1.165) is 68.6 Å². The summed E-state index contributed by atoms with van der Waals surface area (Å²) >= 11 is 0. The zero-order valence-electron chi connectivity index (χ0n) is 31.9. The van der Waals surface area contributed by atoms with E-state index in [1.807, 2.05) is 11.8 Å². The second-order valence-electron chi connectivity index (χ2n) is 14.6. The van der Waals surface area contributed by atoms with Crippen LogP contribution in [0.2, 0.25) is 0 Å². The topological polar surface area (TPSA) is 178 Å². The maximum atomic E-state index is 14.1. The maximum Gasteiger partial charge on any atom is 0.314 e. The van der Waals surface area contributed by atoms with E-state index in [-0.39, 0.29) is 34.5 Å². The second-order valence-corrected chi connectivity index (χ2v) is 14.6. The van der Waals surface area contributed by atoms with Crippen LogP contribution in [0.5, 0.6) is 11.5 Å². The van der Waals surface area contributed by atoms with Crippen molar-refractivity contribution in [1.82, 2.24) is 34.4 Å². The van der Waals surface area contributed by atoms with E-state index >= 15 is 0 Å². The summed E-state index contributed by atoms with van der Waals surface area (Å²) in [6.45, 7) is 7.43. The molecule has 4 aromatic rings. The lowest BCUT2D eigenvalue weighted by Crippen LogP contribution is -2.55. The molecule has 0 atom stereocenters. The Kier molecular flexibility index (Phi) is 11.0. The summed E-state index contributed by atoms with van der Waals surface area (Å²) in [7, 11) is 3.33. The third kappa shape index (κ3) is 7.34. The number of ether oxygens (including phenoxy) is 2. The Morgan fingerprint density at radius 2 is 1.76 bits per heavy atom. The molecule has 2 aromatic carbocycles. The highest BCUT2D eigenvalue weighted by Crippen LogP contribution is 2.50. The van der Waals surface area contributed by atoms with E-state index < -0.39 is 6.03 Å². The number of nitro benzene ring substituents is 1. The second kappa shape index (κ2) is 16.1. The molecule has 1 spiro atoms. The van der Waals surface area contributed by atoms with E-state index in [1.54, 1.807) is 48.2 Å². The number of aromatic nitrogens is 4. The van der Waals surface area contributed by atoms with Crippen molar-refractivity contribution in [2.75, 3.05) is 71.5 Å². The van der Waals surface area contributed by atoms with Crippen LogP contribution in [-0.4, -0.2) is 118 Å². The summed E-state index contributed by atoms with van der Waals surface area (Å²) < 4.78 is 13.1. The smallest absolute Gasteiger partial charge is 0.314 e. The molecule has 3 aliphatic rings. The summed E-state index contributed by atoms with van der Waals surface area (Å²) in [6.07, 6.45) is 8.14. The fourth-order valence-electron chi connectivity index (χ4n) is 8.96. The highest BCUT2D eigenvalue weighted by molar-refractivity contribution is 5.87. The largest absolute Gasteiger partial charge is 0.493 e. The number of hydrogen-bond acceptors (Lipinski definition) is 11. The van der Waals surface area contributed by atoms with Gasteiger partial charge in [-0.3, -0.25) is 19.8 Å². The highest BCUT2D eigenvalue weighted by Gasteiger charge is 2.47. The molecule has 292 valence electrons. The number of carbonyl (C=O) groups excluding carboxylic acids is 2. The number of para-hydroxylation sites is 1. The number of nitro groups is 1. The van der Waals surface area contributed by atoms with E-state index in [0.29, 0.717) is 56.2 Å². The lowest BCUT2D eigenvalue weighted by Gasteiger charge is -2.52. The van der Waals surface area contributed by atoms with Gasteiger partial charge in [-0.2, -0.15) is 5.10 Å². The number of nitrogens with two attached hydrogens (primary N) is 1. The Balaban J connectivity index is 1.02. The SMILES string of the molecule is CCN(CCCN1CCc2cc(OC)c(OC)cc2[C@]12CC[C@H](C(=O)N1CCN(c3ncnc4c3cnn4Cc3ccccc3[N+](=O)[O-])CC1)CC2)C(N)=O. The van der Waals surface area contributed by atoms with Crippen molar-refractivity contribution in [3.05, 3.63) is 75.7 Å². The van der Waals surface area contributed by atoms with Gasteiger partial charge in [0.25, 0.3) is 5.69 Å². The number of primary amides is 1. The molecule has 2 aromatic heterocycles. The van der Waals surface area contributed by atoms with Crippen LogP contribution in [0.3, 0.4) is 0 Å². The zero-order valence-corrected chi connectivity index (χ0v) is 31.9. The summed E-state index contributed by atoms with van der Waals surface area (Å²) in [4.78, 5) is 54.7. The molecule has 0 unspecified atom stereocenters. The van der Waals surface area contributed by atoms with Gasteiger partial charge in [-0.25, -0.2) is 19.4 Å². The van der Waals surface area contributed by atoms with Crippen LogP contribution in [0.15, 0.2) is 48.9 Å². The molecule has 16 heteroatoms. The number of nitrogens with zero attached hydrogens (tertiary/aromatic N) is 9. The molecular weight excluding hydrogens is 704 g/mol. The van der Waals surface area contributed by atoms with Gasteiger partial charge in [0.2, 0.25) is 5.91 Å². The number of benzene rings is 2. The minimum atomic E-state index is -0.395. The number of carbonyl (C=O) groups is 2. The van der Waals surface area contributed by atoms with Gasteiger partial charge in [-0.15, -0.1) is 0 Å². The van der Waals surface area contributed by atoms with Crippen LogP contribution >= 0.6 is 0 Å². The Morgan fingerprint density at radius 3 is 2.45 bits per heavy atom. The lowest BCUT2D eigenvalue weighted by molar-refractivity contribution is -0.385. The van der Waals surface area contributed by atoms with E-state index in [1.165, 1.54) is 23.5 Å². The maximum absolute atomic E-state index is 14.1. The van der Waals surface area contributed by atoms with E-state index in [4.69, 9.17) is 15.2 Å². The quantitative estimate of drug-likeness (QED) is 0.162. The molecule has 7 rings (SSSR count). The monoisotopic (exact) mass is 754 g/mol. The van der Waals surface area contributed by atoms with Crippen molar-refractivity contribution in [3.8, 4) is 11.5 Å². The van der Waals surface area contributed by atoms with Gasteiger partial charge < -0.3 is 29.9 Å². The number of methoxy groups -OCH3 is 2. The predicted octanol–water partition coefficient (Wildman–Crippen LogP) is 4.18. The molecule has 2 N–H and O–H groups in total. The summed E-state index contributed by atoms with van der Waals surface area (Å²) in [6, 6.07) is 10.5. The summed E-state index contributed by atoms with van der Waals surface area (Å²) in [5.74, 6) is 2.31. The fourth-order valence-corrected chi connectivity index (χ4v) is 8.96. The van der Waals surface area contributed by atoms with Crippen LogP contribution in [-0.2, 0) is 23.3 Å². The molecule has 55 heavy (non-hydrogen) atoms. The number of fused-ring (bicyclic) bond motifs is 3. The first-order chi connectivity index (χ1) is 26.7. The number of rotatable bonds is 12. The molecule has 16 nitrogen and oxygen atoms in total. The van der Waals surface area contributed by atoms with E-state index in [2.05, 4.69) is 37.0 Å². The van der Waals surface area contributed by atoms with Gasteiger partial charge in [0.1, 0.15) is 12.1 Å². The van der Waals surface area contributed by atoms with Crippen molar-refractivity contribution in [3.63, 3.8) is 0 Å². The average molecular weight is 755 g/mol. The fraction of sp³-hybridized carbons (Fsp3) is 0.513. The normalized spacial score (nSPS) is 20.0. The van der Waals surface area contributed by atoms with Crippen LogP contribution in [0.1, 0.15) is 55.7 Å². The van der Waals surface area contributed by atoms with Gasteiger partial charge in [0.15, 0.2) is 17.1 Å². The molecule has 3 amide bonds. The average Bonchev–Trinajstić information content (AvgIpc) is 3.62. The van der Waals surface area contributed by atoms with Gasteiger partial charge in [0.05, 0.1) is 42.8 Å². The molecule has 1 saturated heterocycles. The molecule has 0 bridgehead atoms. The number of urea groups is 1. The molecule has 2 aliphatic heterocycles. The third-order valence-corrected chi connectivity index (χ3v) is 11.9. The van der Waals surface area contributed by atoms with Crippen molar-refractivity contribution >= 4 is 34.5 Å². The Hall–Kier alpha value is -5.51. The van der Waals surface area contributed by atoms with Gasteiger partial charge in [0, 0.05) is 69.9 Å². The lowest BCUT2D eigenvalue weighted by atomic mass is 9.68. The molecule has 2 fully saturated rings. The summed E-state index contributed by atoms with van der Waals surface area (Å²) in [5.41, 5.74) is 9.05. The van der Waals surface area contributed by atoms with Crippen LogP contribution in [0, 0.1) is 16.0 Å². The van der Waals surface area contributed by atoms with Crippen LogP contribution < -0.4 is 20.1 Å². The first-order valence-electron chi connectivity index (χ1n) is 19.1. The Morgan fingerprint density at radius 1 is 1.04 bits per heavy atom. The molecular formula is C39H50N10O6. The van der Waals surface area contributed by atoms with Crippen molar-refractivity contribution in [2.45, 2.75) is 57.5 Å².